The van der Waals surface area contributed by atoms with E-state index in [2.05, 4.69) is 0 Å². The van der Waals surface area contributed by atoms with Crippen LogP contribution in [0.25, 0.3) is 0 Å². The number of hydrogen-bond donors (Lipinski definition) is 1. The predicted octanol–water partition coefficient (Wildman–Crippen LogP) is 1.67. The van der Waals surface area contributed by atoms with E-state index in [1.165, 1.54) is 12.1 Å². The second kappa shape index (κ2) is 7.86. The lowest BCUT2D eigenvalue weighted by molar-refractivity contribution is -0.144. The van der Waals surface area contributed by atoms with Crippen LogP contribution >= 0.6 is 0 Å². The fourth-order valence-corrected chi connectivity index (χ4v) is 1.85. The average molecular weight is 268 g/mol. The van der Waals surface area contributed by atoms with Gasteiger partial charge in [-0.25, -0.2) is 4.39 Å². The molecule has 0 bridgehead atoms. The molecule has 0 unspecified atom stereocenters. The summed E-state index contributed by atoms with van der Waals surface area (Å²) in [7, 11) is 0. The number of esters is 1. The summed E-state index contributed by atoms with van der Waals surface area (Å²) in [5.74, 6) is -0.561. The van der Waals surface area contributed by atoms with Gasteiger partial charge < -0.3 is 10.5 Å². The van der Waals surface area contributed by atoms with Crippen molar-refractivity contribution >= 4 is 5.97 Å². The van der Waals surface area contributed by atoms with Gasteiger partial charge in [-0.15, -0.1) is 0 Å². The lowest BCUT2D eigenvalue weighted by Gasteiger charge is -2.20. The lowest BCUT2D eigenvalue weighted by atomic mass is 10.1. The molecular formula is C14H21FN2O2. The fraction of sp³-hybridized carbons (Fsp3) is 0.500. The van der Waals surface area contributed by atoms with Crippen LogP contribution in [0.15, 0.2) is 18.2 Å². The third-order valence-corrected chi connectivity index (χ3v) is 2.89. The van der Waals surface area contributed by atoms with E-state index in [1.807, 2.05) is 11.8 Å². The Balaban J connectivity index is 2.74. The second-order valence-corrected chi connectivity index (χ2v) is 4.23. The highest BCUT2D eigenvalue weighted by Gasteiger charge is 2.12. The zero-order valence-corrected chi connectivity index (χ0v) is 11.5. The Kier molecular flexibility index (Phi) is 6.45. The zero-order valence-electron chi connectivity index (χ0n) is 11.5. The molecular weight excluding hydrogens is 247 g/mol. The number of hydrogen-bond acceptors (Lipinski definition) is 4. The minimum absolute atomic E-state index is 0.199. The highest BCUT2D eigenvalue weighted by molar-refractivity contribution is 5.71. The van der Waals surface area contributed by atoms with E-state index in [0.29, 0.717) is 26.2 Å². The molecule has 0 spiro atoms. The average Bonchev–Trinajstić information content (AvgIpc) is 2.38. The largest absolute Gasteiger partial charge is 0.465 e. The van der Waals surface area contributed by atoms with E-state index in [0.717, 1.165) is 11.1 Å². The molecule has 0 saturated heterocycles. The van der Waals surface area contributed by atoms with E-state index >= 15 is 0 Å². The maximum absolute atomic E-state index is 13.3. The first-order chi connectivity index (χ1) is 9.10. The maximum atomic E-state index is 13.3. The molecule has 2 N–H and O–H groups in total. The fourth-order valence-electron chi connectivity index (χ4n) is 1.85. The van der Waals surface area contributed by atoms with Crippen LogP contribution in [0.1, 0.15) is 25.0 Å². The van der Waals surface area contributed by atoms with Crippen molar-refractivity contribution in [3.8, 4) is 0 Å². The number of rotatable bonds is 7. The summed E-state index contributed by atoms with van der Waals surface area (Å²) in [5.41, 5.74) is 7.34. The van der Waals surface area contributed by atoms with Crippen molar-refractivity contribution in [3.63, 3.8) is 0 Å². The number of benzene rings is 1. The molecule has 0 amide bonds. The first-order valence-electron chi connectivity index (χ1n) is 6.46. The zero-order chi connectivity index (χ0) is 14.3. The normalized spacial score (nSPS) is 10.8. The van der Waals surface area contributed by atoms with Crippen LogP contribution in [0.2, 0.25) is 0 Å². The van der Waals surface area contributed by atoms with Gasteiger partial charge in [0.2, 0.25) is 0 Å². The molecule has 0 aromatic heterocycles. The third-order valence-electron chi connectivity index (χ3n) is 2.89. The molecule has 5 heteroatoms. The molecule has 1 rings (SSSR count). The van der Waals surface area contributed by atoms with Crippen LogP contribution in [0.4, 0.5) is 4.39 Å². The number of nitrogens with zero attached hydrogens (tertiary/aromatic N) is 1. The number of ether oxygens (including phenoxy) is 1. The van der Waals surface area contributed by atoms with Crippen molar-refractivity contribution in [2.75, 3.05) is 19.7 Å². The lowest BCUT2D eigenvalue weighted by Crippen LogP contribution is -2.31. The Morgan fingerprint density at radius 3 is 2.68 bits per heavy atom. The van der Waals surface area contributed by atoms with E-state index in [4.69, 9.17) is 10.5 Å². The van der Waals surface area contributed by atoms with Gasteiger partial charge in [0.15, 0.2) is 0 Å². The Bertz CT molecular complexity index is 424. The molecule has 0 heterocycles. The first-order valence-corrected chi connectivity index (χ1v) is 6.46. The molecule has 0 atom stereocenters. The van der Waals surface area contributed by atoms with Gasteiger partial charge in [0.25, 0.3) is 0 Å². The topological polar surface area (TPSA) is 55.6 Å². The molecule has 1 aromatic carbocycles. The van der Waals surface area contributed by atoms with Crippen LogP contribution in [0.5, 0.6) is 0 Å². The molecule has 1 aromatic rings. The van der Waals surface area contributed by atoms with Crippen molar-refractivity contribution in [1.29, 1.82) is 0 Å². The number of likely N-dealkylation sites (N-methyl/N-ethyl adjacent to an activating group) is 1. The Labute approximate surface area is 113 Å². The molecule has 0 aliphatic heterocycles. The van der Waals surface area contributed by atoms with Crippen molar-refractivity contribution in [2.45, 2.75) is 26.9 Å². The van der Waals surface area contributed by atoms with Gasteiger partial charge in [-0.3, -0.25) is 9.69 Å². The van der Waals surface area contributed by atoms with Crippen LogP contribution in [-0.4, -0.2) is 30.6 Å². The van der Waals surface area contributed by atoms with E-state index in [9.17, 15) is 9.18 Å². The second-order valence-electron chi connectivity index (χ2n) is 4.23. The standard InChI is InChI=1S/C14H21FN2O2/c1-3-17(10-14(18)19-4-2)9-12-7-13(15)6-5-11(12)8-16/h5-7H,3-4,8-10,16H2,1-2H3. The molecule has 0 aliphatic rings. The summed E-state index contributed by atoms with van der Waals surface area (Å²) in [6.45, 7) is 5.80. The smallest absolute Gasteiger partial charge is 0.320 e. The van der Waals surface area contributed by atoms with E-state index < -0.39 is 0 Å². The van der Waals surface area contributed by atoms with Gasteiger partial charge in [0.1, 0.15) is 5.82 Å². The molecule has 0 aliphatic carbocycles. The number of carbonyl (C=O) groups excluding carboxylic acids is 1. The Hall–Kier alpha value is -1.46. The van der Waals surface area contributed by atoms with Gasteiger partial charge in [0, 0.05) is 13.1 Å². The molecule has 0 saturated carbocycles. The number of nitrogens with two attached hydrogens (primary N) is 1. The third kappa shape index (κ3) is 4.96. The maximum Gasteiger partial charge on any atom is 0.320 e. The summed E-state index contributed by atoms with van der Waals surface area (Å²) in [6.07, 6.45) is 0. The molecule has 19 heavy (non-hydrogen) atoms. The summed E-state index contributed by atoms with van der Waals surface area (Å²) in [5, 5.41) is 0. The Morgan fingerprint density at radius 2 is 2.11 bits per heavy atom. The summed E-state index contributed by atoms with van der Waals surface area (Å²) in [4.78, 5) is 13.4. The highest BCUT2D eigenvalue weighted by atomic mass is 19.1. The van der Waals surface area contributed by atoms with E-state index in [1.54, 1.807) is 13.0 Å². The van der Waals surface area contributed by atoms with Crippen molar-refractivity contribution < 1.29 is 13.9 Å². The van der Waals surface area contributed by atoms with Gasteiger partial charge >= 0.3 is 5.97 Å². The van der Waals surface area contributed by atoms with E-state index in [-0.39, 0.29) is 18.3 Å². The summed E-state index contributed by atoms with van der Waals surface area (Å²) in [6, 6.07) is 4.55. The minimum Gasteiger partial charge on any atom is -0.465 e. The molecule has 4 nitrogen and oxygen atoms in total. The summed E-state index contributed by atoms with van der Waals surface area (Å²) < 4.78 is 18.2. The predicted molar refractivity (Wildman–Crippen MR) is 71.9 cm³/mol. The van der Waals surface area contributed by atoms with Crippen molar-refractivity contribution in [1.82, 2.24) is 4.90 Å². The quantitative estimate of drug-likeness (QED) is 0.764. The van der Waals surface area contributed by atoms with Gasteiger partial charge in [0.05, 0.1) is 13.2 Å². The van der Waals surface area contributed by atoms with Crippen LogP contribution < -0.4 is 5.73 Å². The SMILES string of the molecule is CCOC(=O)CN(CC)Cc1cc(F)ccc1CN. The Morgan fingerprint density at radius 1 is 1.37 bits per heavy atom. The van der Waals surface area contributed by atoms with Gasteiger partial charge in [-0.1, -0.05) is 13.0 Å². The van der Waals surface area contributed by atoms with Crippen LogP contribution in [0.3, 0.4) is 0 Å². The number of halogens is 1. The van der Waals surface area contributed by atoms with Crippen molar-refractivity contribution in [2.24, 2.45) is 5.73 Å². The molecule has 106 valence electrons. The first kappa shape index (κ1) is 15.6. The van der Waals surface area contributed by atoms with Gasteiger partial charge in [-0.2, -0.15) is 0 Å². The monoisotopic (exact) mass is 268 g/mol. The minimum atomic E-state index is -0.292. The van der Waals surface area contributed by atoms with Crippen LogP contribution in [0, 0.1) is 5.82 Å². The molecule has 0 fully saturated rings. The summed E-state index contributed by atoms with van der Waals surface area (Å²) >= 11 is 0. The van der Waals surface area contributed by atoms with Crippen LogP contribution in [-0.2, 0) is 22.6 Å². The molecule has 0 radical (unpaired) electrons. The van der Waals surface area contributed by atoms with Gasteiger partial charge in [-0.05, 0) is 36.7 Å². The van der Waals surface area contributed by atoms with Crippen molar-refractivity contribution in [3.05, 3.63) is 35.1 Å². The highest BCUT2D eigenvalue weighted by Crippen LogP contribution is 2.13. The number of carbonyl (C=O) groups is 1.